The number of anilines is 1. The standard InChI is InChI=1S/C15H22N2O3S/c16-12-4-7-17(8-5-12)13-2-1-3-14(10-13)20-15-6-9-21(18,19)11-15/h1-3,10,12,15H,4-9,11,16H2. The van der Waals surface area contributed by atoms with Crippen LogP contribution in [0.2, 0.25) is 0 Å². The van der Waals surface area contributed by atoms with Crippen LogP contribution in [-0.2, 0) is 9.84 Å². The topological polar surface area (TPSA) is 72.6 Å². The number of sulfone groups is 1. The van der Waals surface area contributed by atoms with Crippen molar-refractivity contribution < 1.29 is 13.2 Å². The van der Waals surface area contributed by atoms with E-state index in [9.17, 15) is 8.42 Å². The van der Waals surface area contributed by atoms with Crippen LogP contribution < -0.4 is 15.4 Å². The first-order chi connectivity index (χ1) is 10.0. The fourth-order valence-corrected chi connectivity index (χ4v) is 4.55. The number of hydrogen-bond acceptors (Lipinski definition) is 5. The van der Waals surface area contributed by atoms with E-state index in [1.165, 1.54) is 0 Å². The quantitative estimate of drug-likeness (QED) is 0.907. The second-order valence-corrected chi connectivity index (χ2v) is 8.19. The predicted octanol–water partition coefficient (Wildman–Crippen LogP) is 1.18. The number of benzene rings is 1. The molecule has 1 unspecified atom stereocenters. The number of piperidine rings is 1. The van der Waals surface area contributed by atoms with Crippen LogP contribution in [0.4, 0.5) is 5.69 Å². The van der Waals surface area contributed by atoms with Crippen LogP contribution >= 0.6 is 0 Å². The molecule has 2 aliphatic heterocycles. The van der Waals surface area contributed by atoms with Crippen molar-refractivity contribution in [3.05, 3.63) is 24.3 Å². The third-order valence-electron chi connectivity index (χ3n) is 4.22. The summed E-state index contributed by atoms with van der Waals surface area (Å²) in [5.74, 6) is 1.13. The monoisotopic (exact) mass is 310 g/mol. The van der Waals surface area contributed by atoms with Crippen molar-refractivity contribution in [3.8, 4) is 5.75 Å². The maximum Gasteiger partial charge on any atom is 0.154 e. The minimum atomic E-state index is -2.90. The molecule has 21 heavy (non-hydrogen) atoms. The molecule has 1 atom stereocenters. The van der Waals surface area contributed by atoms with Gasteiger partial charge in [0.1, 0.15) is 11.9 Å². The Hall–Kier alpha value is -1.27. The molecule has 2 aliphatic rings. The van der Waals surface area contributed by atoms with E-state index in [2.05, 4.69) is 11.0 Å². The zero-order chi connectivity index (χ0) is 14.9. The highest BCUT2D eigenvalue weighted by Crippen LogP contribution is 2.26. The van der Waals surface area contributed by atoms with Crippen LogP contribution in [0.5, 0.6) is 5.75 Å². The minimum absolute atomic E-state index is 0.135. The number of hydrogen-bond donors (Lipinski definition) is 1. The van der Waals surface area contributed by atoms with E-state index in [-0.39, 0.29) is 17.6 Å². The van der Waals surface area contributed by atoms with Crippen molar-refractivity contribution in [1.29, 1.82) is 0 Å². The number of ether oxygens (including phenoxy) is 1. The van der Waals surface area contributed by atoms with Gasteiger partial charge in [-0.3, -0.25) is 0 Å². The van der Waals surface area contributed by atoms with Crippen LogP contribution in [0.1, 0.15) is 19.3 Å². The fraction of sp³-hybridized carbons (Fsp3) is 0.600. The van der Waals surface area contributed by atoms with Crippen LogP contribution in [0, 0.1) is 0 Å². The van der Waals surface area contributed by atoms with Crippen LogP contribution in [0.15, 0.2) is 24.3 Å². The van der Waals surface area contributed by atoms with E-state index in [0.717, 1.165) is 37.4 Å². The molecule has 116 valence electrons. The first-order valence-electron chi connectivity index (χ1n) is 7.49. The highest BCUT2D eigenvalue weighted by molar-refractivity contribution is 7.91. The first-order valence-corrected chi connectivity index (χ1v) is 9.32. The van der Waals surface area contributed by atoms with Gasteiger partial charge in [0.2, 0.25) is 0 Å². The summed E-state index contributed by atoms with van der Waals surface area (Å²) in [5.41, 5.74) is 7.06. The summed E-state index contributed by atoms with van der Waals surface area (Å²) in [6, 6.07) is 8.23. The van der Waals surface area contributed by atoms with Crippen molar-refractivity contribution in [1.82, 2.24) is 0 Å². The molecule has 2 fully saturated rings. The van der Waals surface area contributed by atoms with E-state index < -0.39 is 9.84 Å². The van der Waals surface area contributed by atoms with Gasteiger partial charge in [-0.1, -0.05) is 6.07 Å². The van der Waals surface area contributed by atoms with Crippen molar-refractivity contribution in [2.75, 3.05) is 29.5 Å². The van der Waals surface area contributed by atoms with Gasteiger partial charge < -0.3 is 15.4 Å². The summed E-state index contributed by atoms with van der Waals surface area (Å²) in [6.07, 6.45) is 2.39. The van der Waals surface area contributed by atoms with Gasteiger partial charge in [0.15, 0.2) is 9.84 Å². The Morgan fingerprint density at radius 1 is 1.19 bits per heavy atom. The zero-order valence-electron chi connectivity index (χ0n) is 12.1. The van der Waals surface area contributed by atoms with Gasteiger partial charge in [0.25, 0.3) is 0 Å². The minimum Gasteiger partial charge on any atom is -0.489 e. The largest absolute Gasteiger partial charge is 0.489 e. The molecule has 3 rings (SSSR count). The lowest BCUT2D eigenvalue weighted by molar-refractivity contribution is 0.229. The Kier molecular flexibility index (Phi) is 4.08. The van der Waals surface area contributed by atoms with Crippen LogP contribution in [-0.4, -0.2) is 45.2 Å². The van der Waals surface area contributed by atoms with Crippen molar-refractivity contribution >= 4 is 15.5 Å². The Balaban J connectivity index is 1.66. The molecule has 0 saturated carbocycles. The molecule has 5 nitrogen and oxygen atoms in total. The van der Waals surface area contributed by atoms with Gasteiger partial charge in [0.05, 0.1) is 11.5 Å². The van der Waals surface area contributed by atoms with Crippen molar-refractivity contribution in [2.45, 2.75) is 31.4 Å². The summed E-state index contributed by atoms with van der Waals surface area (Å²) < 4.78 is 28.8. The van der Waals surface area contributed by atoms with E-state index >= 15 is 0 Å². The smallest absolute Gasteiger partial charge is 0.154 e. The molecule has 0 radical (unpaired) electrons. The molecule has 0 bridgehead atoms. The molecule has 1 aromatic carbocycles. The van der Waals surface area contributed by atoms with E-state index in [4.69, 9.17) is 10.5 Å². The molecular formula is C15H22N2O3S. The third-order valence-corrected chi connectivity index (χ3v) is 5.95. The lowest BCUT2D eigenvalue weighted by atomic mass is 10.1. The zero-order valence-corrected chi connectivity index (χ0v) is 12.9. The normalized spacial score (nSPS) is 26.0. The average molecular weight is 310 g/mol. The number of nitrogens with zero attached hydrogens (tertiary/aromatic N) is 1. The molecule has 2 N–H and O–H groups in total. The van der Waals surface area contributed by atoms with Gasteiger partial charge in [-0.05, 0) is 31.4 Å². The lowest BCUT2D eigenvalue weighted by Gasteiger charge is -2.32. The van der Waals surface area contributed by atoms with Gasteiger partial charge in [-0.15, -0.1) is 0 Å². The summed E-state index contributed by atoms with van der Waals surface area (Å²) >= 11 is 0. The SMILES string of the molecule is NC1CCN(c2cccc(OC3CCS(=O)(=O)C3)c2)CC1. The predicted molar refractivity (Wildman–Crippen MR) is 83.6 cm³/mol. The van der Waals surface area contributed by atoms with E-state index in [0.29, 0.717) is 12.5 Å². The summed E-state index contributed by atoms with van der Waals surface area (Å²) in [6.45, 7) is 1.92. The van der Waals surface area contributed by atoms with E-state index in [1.807, 2.05) is 18.2 Å². The molecule has 1 aromatic rings. The molecule has 6 heteroatoms. The van der Waals surface area contributed by atoms with Gasteiger partial charge in [-0.2, -0.15) is 0 Å². The number of nitrogens with two attached hydrogens (primary N) is 1. The fourth-order valence-electron chi connectivity index (χ4n) is 2.96. The Labute approximate surface area is 126 Å². The third kappa shape index (κ3) is 3.68. The van der Waals surface area contributed by atoms with Crippen LogP contribution in [0.3, 0.4) is 0 Å². The average Bonchev–Trinajstić information content (AvgIpc) is 2.79. The maximum atomic E-state index is 11.5. The highest BCUT2D eigenvalue weighted by Gasteiger charge is 2.29. The Bertz CT molecular complexity index is 595. The van der Waals surface area contributed by atoms with Gasteiger partial charge in [0, 0.05) is 30.9 Å². The molecule has 0 spiro atoms. The Morgan fingerprint density at radius 3 is 2.62 bits per heavy atom. The van der Waals surface area contributed by atoms with Crippen molar-refractivity contribution in [2.24, 2.45) is 5.73 Å². The number of rotatable bonds is 3. The summed E-state index contributed by atoms with van der Waals surface area (Å²) in [7, 11) is -2.90. The summed E-state index contributed by atoms with van der Waals surface area (Å²) in [4.78, 5) is 2.31. The molecule has 0 aromatic heterocycles. The molecular weight excluding hydrogens is 288 g/mol. The second-order valence-electron chi connectivity index (χ2n) is 5.96. The van der Waals surface area contributed by atoms with Crippen LogP contribution in [0.25, 0.3) is 0 Å². The van der Waals surface area contributed by atoms with E-state index in [1.54, 1.807) is 0 Å². The van der Waals surface area contributed by atoms with Gasteiger partial charge >= 0.3 is 0 Å². The lowest BCUT2D eigenvalue weighted by Crippen LogP contribution is -2.39. The maximum absolute atomic E-state index is 11.5. The van der Waals surface area contributed by atoms with Gasteiger partial charge in [-0.25, -0.2) is 8.42 Å². The van der Waals surface area contributed by atoms with Crippen molar-refractivity contribution in [3.63, 3.8) is 0 Å². The molecule has 2 heterocycles. The first kappa shape index (κ1) is 14.7. The highest BCUT2D eigenvalue weighted by atomic mass is 32.2. The molecule has 0 amide bonds. The molecule has 0 aliphatic carbocycles. The summed E-state index contributed by atoms with van der Waals surface area (Å²) in [5, 5.41) is 0. The second kappa shape index (κ2) is 5.85. The Morgan fingerprint density at radius 2 is 1.95 bits per heavy atom. The molecule has 2 saturated heterocycles.